The summed E-state index contributed by atoms with van der Waals surface area (Å²) in [6.07, 6.45) is 1.03. The topological polar surface area (TPSA) is 93.3 Å². The van der Waals surface area contributed by atoms with Crippen molar-refractivity contribution in [1.29, 1.82) is 0 Å². The first-order chi connectivity index (χ1) is 14.6. The zero-order valence-electron chi connectivity index (χ0n) is 16.9. The molecule has 0 aliphatic carbocycles. The molecule has 1 amide bonds. The van der Waals surface area contributed by atoms with E-state index in [0.29, 0.717) is 35.3 Å². The number of anilines is 1. The van der Waals surface area contributed by atoms with E-state index in [0.717, 1.165) is 17.5 Å². The molecule has 2 aromatic carbocycles. The molecule has 0 saturated heterocycles. The van der Waals surface area contributed by atoms with Crippen LogP contribution in [0.4, 0.5) is 5.82 Å². The van der Waals surface area contributed by atoms with Crippen molar-refractivity contribution in [3.8, 4) is 22.9 Å². The van der Waals surface area contributed by atoms with E-state index in [-0.39, 0.29) is 17.9 Å². The van der Waals surface area contributed by atoms with Crippen LogP contribution in [0.25, 0.3) is 11.4 Å². The lowest BCUT2D eigenvalue weighted by Gasteiger charge is -2.25. The molecule has 0 radical (unpaired) electrons. The van der Waals surface area contributed by atoms with Gasteiger partial charge in [0.2, 0.25) is 5.91 Å². The smallest absolute Gasteiger partial charge is 0.257 e. The molecule has 1 atom stereocenters. The number of nitrogens with one attached hydrogen (secondary N) is 2. The molecule has 7 heteroatoms. The molecule has 0 spiro atoms. The lowest BCUT2D eigenvalue weighted by Crippen LogP contribution is -2.31. The van der Waals surface area contributed by atoms with Gasteiger partial charge in [0.25, 0.3) is 5.56 Å². The number of carbonyl (C=O) groups excluding carboxylic acids is 1. The van der Waals surface area contributed by atoms with Gasteiger partial charge in [-0.25, -0.2) is 4.98 Å². The fraction of sp³-hybridized carbons (Fsp3) is 0.261. The lowest BCUT2D eigenvalue weighted by atomic mass is 9.86. The van der Waals surface area contributed by atoms with Gasteiger partial charge in [0.15, 0.2) is 11.5 Å². The van der Waals surface area contributed by atoms with Gasteiger partial charge in [0.05, 0.1) is 19.3 Å². The van der Waals surface area contributed by atoms with Crippen molar-refractivity contribution in [2.24, 2.45) is 0 Å². The Hall–Kier alpha value is -3.61. The number of methoxy groups -OCH3 is 1. The first kappa shape index (κ1) is 19.7. The fourth-order valence-electron chi connectivity index (χ4n) is 3.62. The largest absolute Gasteiger partial charge is 0.493 e. The van der Waals surface area contributed by atoms with Gasteiger partial charge in [-0.2, -0.15) is 0 Å². The monoisotopic (exact) mass is 405 g/mol. The highest BCUT2D eigenvalue weighted by Gasteiger charge is 2.31. The summed E-state index contributed by atoms with van der Waals surface area (Å²) in [4.78, 5) is 32.8. The maximum Gasteiger partial charge on any atom is 0.257 e. The van der Waals surface area contributed by atoms with Gasteiger partial charge in [-0.15, -0.1) is 0 Å². The number of aromatic amines is 1. The van der Waals surface area contributed by atoms with Gasteiger partial charge in [-0.05, 0) is 24.1 Å². The molecule has 4 rings (SSSR count). The second-order valence-corrected chi connectivity index (χ2v) is 7.11. The number of rotatable bonds is 6. The van der Waals surface area contributed by atoms with Crippen molar-refractivity contribution in [2.45, 2.75) is 25.7 Å². The number of aromatic nitrogens is 2. The third-order valence-corrected chi connectivity index (χ3v) is 5.05. The number of nitrogens with zero attached hydrogens (tertiary/aromatic N) is 1. The second kappa shape index (κ2) is 8.41. The lowest BCUT2D eigenvalue weighted by molar-refractivity contribution is -0.116. The predicted molar refractivity (Wildman–Crippen MR) is 114 cm³/mol. The van der Waals surface area contributed by atoms with Crippen molar-refractivity contribution in [1.82, 2.24) is 9.97 Å². The average Bonchev–Trinajstić information content (AvgIpc) is 2.77. The number of amides is 1. The maximum absolute atomic E-state index is 13.0. The average molecular weight is 405 g/mol. The molecule has 1 aliphatic heterocycles. The first-order valence-corrected chi connectivity index (χ1v) is 9.91. The highest BCUT2D eigenvalue weighted by Crippen LogP contribution is 2.38. The molecule has 0 bridgehead atoms. The van der Waals surface area contributed by atoms with Crippen LogP contribution in [-0.4, -0.2) is 29.6 Å². The van der Waals surface area contributed by atoms with Gasteiger partial charge in [-0.1, -0.05) is 43.3 Å². The Morgan fingerprint density at radius 1 is 1.10 bits per heavy atom. The Kier molecular flexibility index (Phi) is 5.52. The van der Waals surface area contributed by atoms with Gasteiger partial charge in [0, 0.05) is 17.9 Å². The van der Waals surface area contributed by atoms with Gasteiger partial charge in [-0.3, -0.25) is 9.59 Å². The van der Waals surface area contributed by atoms with Crippen LogP contribution >= 0.6 is 0 Å². The summed E-state index contributed by atoms with van der Waals surface area (Å²) in [5.74, 6) is 1.30. The Labute approximate surface area is 174 Å². The van der Waals surface area contributed by atoms with E-state index in [4.69, 9.17) is 9.47 Å². The molecule has 2 N–H and O–H groups in total. The van der Waals surface area contributed by atoms with E-state index in [1.807, 2.05) is 55.5 Å². The van der Waals surface area contributed by atoms with Gasteiger partial charge >= 0.3 is 0 Å². The predicted octanol–water partition coefficient (Wildman–Crippen LogP) is 3.71. The molecule has 154 valence electrons. The molecule has 3 aromatic rings. The van der Waals surface area contributed by atoms with Crippen molar-refractivity contribution < 1.29 is 14.3 Å². The van der Waals surface area contributed by atoms with E-state index in [1.165, 1.54) is 0 Å². The van der Waals surface area contributed by atoms with E-state index in [1.54, 1.807) is 7.11 Å². The quantitative estimate of drug-likeness (QED) is 0.652. The number of hydrogen-bond donors (Lipinski definition) is 2. The van der Waals surface area contributed by atoms with Crippen molar-refractivity contribution in [3.63, 3.8) is 0 Å². The summed E-state index contributed by atoms with van der Waals surface area (Å²) in [6, 6.07) is 14.8. The Morgan fingerprint density at radius 2 is 1.90 bits per heavy atom. The minimum Gasteiger partial charge on any atom is -0.493 e. The molecular weight excluding hydrogens is 382 g/mol. The maximum atomic E-state index is 13.0. The number of ether oxygens (including phenoxy) is 2. The van der Waals surface area contributed by atoms with Crippen LogP contribution in [0.1, 0.15) is 36.8 Å². The molecule has 0 saturated carbocycles. The summed E-state index contributed by atoms with van der Waals surface area (Å²) in [6.45, 7) is 2.61. The standard InChI is InChI=1S/C23H23N3O4/c1-3-11-30-17-10-9-15(12-18(17)29-2)16-13-19(27)24-22-20(16)23(28)26-21(25-22)14-7-5-4-6-8-14/h4-10,12,16H,3,11,13H2,1-2H3,(H2,24,25,26,27,28). The summed E-state index contributed by atoms with van der Waals surface area (Å²) >= 11 is 0. The molecule has 0 fully saturated rings. The van der Waals surface area contributed by atoms with Crippen LogP contribution in [0.5, 0.6) is 11.5 Å². The Balaban J connectivity index is 1.77. The van der Waals surface area contributed by atoms with Crippen LogP contribution in [0, 0.1) is 0 Å². The molecule has 1 aromatic heterocycles. The number of benzene rings is 2. The van der Waals surface area contributed by atoms with Gasteiger partial charge in [0.1, 0.15) is 11.6 Å². The molecule has 1 unspecified atom stereocenters. The molecule has 30 heavy (non-hydrogen) atoms. The van der Waals surface area contributed by atoms with Crippen molar-refractivity contribution in [2.75, 3.05) is 19.0 Å². The third kappa shape index (κ3) is 3.78. The number of H-pyrrole nitrogens is 1. The SMILES string of the molecule is CCCOc1ccc(C2CC(=O)Nc3nc(-c4ccccc4)[nH]c(=O)c32)cc1OC. The van der Waals surface area contributed by atoms with E-state index >= 15 is 0 Å². The second-order valence-electron chi connectivity index (χ2n) is 7.11. The fourth-order valence-corrected chi connectivity index (χ4v) is 3.62. The minimum absolute atomic E-state index is 0.154. The van der Waals surface area contributed by atoms with Crippen LogP contribution in [0.15, 0.2) is 53.3 Å². The van der Waals surface area contributed by atoms with E-state index < -0.39 is 5.92 Å². The third-order valence-electron chi connectivity index (χ3n) is 5.05. The molecule has 1 aliphatic rings. The molecule has 7 nitrogen and oxygen atoms in total. The summed E-state index contributed by atoms with van der Waals surface area (Å²) in [5.41, 5.74) is 1.74. The Morgan fingerprint density at radius 3 is 2.63 bits per heavy atom. The van der Waals surface area contributed by atoms with Crippen LogP contribution in [-0.2, 0) is 4.79 Å². The van der Waals surface area contributed by atoms with E-state index in [9.17, 15) is 9.59 Å². The normalized spacial score (nSPS) is 15.3. The van der Waals surface area contributed by atoms with Crippen LogP contribution in [0.3, 0.4) is 0 Å². The van der Waals surface area contributed by atoms with Crippen molar-refractivity contribution >= 4 is 11.7 Å². The number of fused-ring (bicyclic) bond motifs is 1. The molecule has 2 heterocycles. The first-order valence-electron chi connectivity index (χ1n) is 9.91. The minimum atomic E-state index is -0.427. The Bertz CT molecular complexity index is 1130. The van der Waals surface area contributed by atoms with Crippen LogP contribution in [0.2, 0.25) is 0 Å². The molecular formula is C23H23N3O4. The summed E-state index contributed by atoms with van der Waals surface area (Å²) < 4.78 is 11.2. The van der Waals surface area contributed by atoms with Crippen LogP contribution < -0.4 is 20.3 Å². The zero-order chi connectivity index (χ0) is 21.1. The summed E-state index contributed by atoms with van der Waals surface area (Å²) in [7, 11) is 1.57. The summed E-state index contributed by atoms with van der Waals surface area (Å²) in [5, 5.41) is 2.75. The highest BCUT2D eigenvalue weighted by molar-refractivity contribution is 5.94. The highest BCUT2D eigenvalue weighted by atomic mass is 16.5. The van der Waals surface area contributed by atoms with Gasteiger partial charge < -0.3 is 19.8 Å². The zero-order valence-corrected chi connectivity index (χ0v) is 16.9. The van der Waals surface area contributed by atoms with Crippen molar-refractivity contribution in [3.05, 3.63) is 70.0 Å². The van der Waals surface area contributed by atoms with E-state index in [2.05, 4.69) is 15.3 Å². The number of hydrogen-bond acceptors (Lipinski definition) is 5. The number of carbonyl (C=O) groups is 1.